The van der Waals surface area contributed by atoms with E-state index in [1.807, 2.05) is 0 Å². The molecule has 0 spiro atoms. The summed E-state index contributed by atoms with van der Waals surface area (Å²) in [5.74, 6) is -0.0822. The first-order valence-electron chi connectivity index (χ1n) is 4.90. The fraction of sp³-hybridized carbons (Fsp3) is 0.111. The first-order chi connectivity index (χ1) is 9.05. The Balaban J connectivity index is 2.24. The second-order valence-electron chi connectivity index (χ2n) is 3.27. The second kappa shape index (κ2) is 4.91. The van der Waals surface area contributed by atoms with Crippen LogP contribution in [0.15, 0.2) is 23.2 Å². The monoisotopic (exact) mass is 280 g/mol. The third-order valence-electron chi connectivity index (χ3n) is 2.04. The van der Waals surface area contributed by atoms with Gasteiger partial charge in [-0.3, -0.25) is 0 Å². The lowest BCUT2D eigenvalue weighted by Gasteiger charge is -2.03. The van der Waals surface area contributed by atoms with E-state index in [2.05, 4.69) is 24.9 Å². The van der Waals surface area contributed by atoms with E-state index in [-0.39, 0.29) is 22.5 Å². The van der Waals surface area contributed by atoms with E-state index < -0.39 is 10.0 Å². The van der Waals surface area contributed by atoms with Crippen LogP contribution >= 0.6 is 0 Å². The fourth-order valence-corrected chi connectivity index (χ4v) is 2.08. The highest BCUT2D eigenvalue weighted by Gasteiger charge is 2.17. The van der Waals surface area contributed by atoms with E-state index in [1.165, 1.54) is 19.2 Å². The van der Waals surface area contributed by atoms with Crippen molar-refractivity contribution in [2.45, 2.75) is 4.90 Å². The Morgan fingerprint density at radius 2 is 2.26 bits per heavy atom. The molecule has 0 aliphatic carbocycles. The number of rotatable bonds is 4. The van der Waals surface area contributed by atoms with Gasteiger partial charge in [-0.25, -0.2) is 23.2 Å². The Morgan fingerprint density at radius 1 is 1.47 bits per heavy atom. The van der Waals surface area contributed by atoms with Gasteiger partial charge in [0.15, 0.2) is 0 Å². The SMILES string of the molecule is COc1n[nH]c(NS(=O)(=O)c2ccc(C#N)nc2)n1. The van der Waals surface area contributed by atoms with Crippen molar-refractivity contribution in [2.75, 3.05) is 11.8 Å². The Morgan fingerprint density at radius 3 is 2.79 bits per heavy atom. The Hall–Kier alpha value is -2.67. The molecule has 0 aliphatic rings. The molecule has 19 heavy (non-hydrogen) atoms. The lowest BCUT2D eigenvalue weighted by molar-refractivity contribution is 0.382. The van der Waals surface area contributed by atoms with Crippen molar-refractivity contribution in [2.24, 2.45) is 0 Å². The van der Waals surface area contributed by atoms with Crippen molar-refractivity contribution in [3.63, 3.8) is 0 Å². The topological polar surface area (TPSA) is 134 Å². The molecule has 2 aromatic rings. The van der Waals surface area contributed by atoms with Crippen LogP contribution in [-0.4, -0.2) is 35.7 Å². The number of H-pyrrole nitrogens is 1. The number of nitrogens with one attached hydrogen (secondary N) is 2. The van der Waals surface area contributed by atoms with Gasteiger partial charge in [0.2, 0.25) is 5.95 Å². The van der Waals surface area contributed by atoms with E-state index >= 15 is 0 Å². The van der Waals surface area contributed by atoms with Crippen LogP contribution in [0.25, 0.3) is 0 Å². The van der Waals surface area contributed by atoms with Crippen LogP contribution < -0.4 is 9.46 Å². The summed E-state index contributed by atoms with van der Waals surface area (Å²) in [6.07, 6.45) is 1.08. The molecule has 0 saturated carbocycles. The minimum absolute atomic E-state index is 0.00986. The molecule has 0 fully saturated rings. The molecule has 2 heterocycles. The zero-order valence-corrected chi connectivity index (χ0v) is 10.5. The number of nitrogens with zero attached hydrogens (tertiary/aromatic N) is 4. The molecule has 0 radical (unpaired) electrons. The van der Waals surface area contributed by atoms with E-state index in [9.17, 15) is 8.42 Å². The van der Waals surface area contributed by atoms with Crippen LogP contribution in [0.4, 0.5) is 5.95 Å². The number of aromatic amines is 1. The molecule has 0 saturated heterocycles. The zero-order chi connectivity index (χ0) is 13.9. The highest BCUT2D eigenvalue weighted by molar-refractivity contribution is 7.92. The Kier molecular flexibility index (Phi) is 3.30. The minimum Gasteiger partial charge on any atom is -0.466 e. The zero-order valence-electron chi connectivity index (χ0n) is 9.65. The molecular weight excluding hydrogens is 272 g/mol. The maximum Gasteiger partial charge on any atom is 0.336 e. The van der Waals surface area contributed by atoms with Crippen molar-refractivity contribution in [1.82, 2.24) is 20.2 Å². The van der Waals surface area contributed by atoms with Gasteiger partial charge < -0.3 is 4.74 Å². The molecule has 9 nitrogen and oxygen atoms in total. The van der Waals surface area contributed by atoms with Crippen LogP contribution in [-0.2, 0) is 10.0 Å². The smallest absolute Gasteiger partial charge is 0.336 e. The van der Waals surface area contributed by atoms with Crippen LogP contribution in [0.3, 0.4) is 0 Å². The van der Waals surface area contributed by atoms with Crippen LogP contribution in [0.1, 0.15) is 5.69 Å². The second-order valence-corrected chi connectivity index (χ2v) is 4.95. The van der Waals surface area contributed by atoms with Crippen molar-refractivity contribution in [3.8, 4) is 12.1 Å². The molecule has 0 atom stereocenters. The molecule has 0 amide bonds. The average Bonchev–Trinajstić information content (AvgIpc) is 2.85. The quantitative estimate of drug-likeness (QED) is 0.797. The molecule has 2 aromatic heterocycles. The van der Waals surface area contributed by atoms with Crippen LogP contribution in [0.2, 0.25) is 0 Å². The van der Waals surface area contributed by atoms with Gasteiger partial charge in [-0.1, -0.05) is 0 Å². The lowest BCUT2D eigenvalue weighted by atomic mass is 10.4. The largest absolute Gasteiger partial charge is 0.466 e. The molecule has 0 aliphatic heterocycles. The predicted octanol–water partition coefficient (Wildman–Crippen LogP) is -0.119. The van der Waals surface area contributed by atoms with E-state index in [0.717, 1.165) is 6.20 Å². The summed E-state index contributed by atoms with van der Waals surface area (Å²) in [5, 5.41) is 14.5. The number of anilines is 1. The maximum atomic E-state index is 11.9. The summed E-state index contributed by atoms with van der Waals surface area (Å²) in [7, 11) is -2.49. The lowest BCUT2D eigenvalue weighted by Crippen LogP contribution is -2.14. The summed E-state index contributed by atoms with van der Waals surface area (Å²) < 4.78 is 30.7. The minimum atomic E-state index is -3.84. The highest BCUT2D eigenvalue weighted by Crippen LogP contribution is 2.13. The van der Waals surface area contributed by atoms with Crippen molar-refractivity contribution in [1.29, 1.82) is 5.26 Å². The van der Waals surface area contributed by atoms with Crippen molar-refractivity contribution < 1.29 is 13.2 Å². The van der Waals surface area contributed by atoms with Crippen molar-refractivity contribution >= 4 is 16.0 Å². The van der Waals surface area contributed by atoms with Gasteiger partial charge in [-0.15, -0.1) is 5.10 Å². The standard InChI is InChI=1S/C9H8N6O3S/c1-18-9-12-8(13-14-9)15-19(16,17)7-3-2-6(4-10)11-5-7/h2-3,5H,1H3,(H2,12,13,14,15). The first kappa shape index (κ1) is 12.8. The van der Waals surface area contributed by atoms with E-state index in [4.69, 9.17) is 10.00 Å². The normalized spacial score (nSPS) is 10.7. The van der Waals surface area contributed by atoms with E-state index in [0.29, 0.717) is 0 Å². The van der Waals surface area contributed by atoms with Crippen LogP contribution in [0.5, 0.6) is 6.01 Å². The Labute approximate surface area is 108 Å². The molecule has 98 valence electrons. The summed E-state index contributed by atoms with van der Waals surface area (Å²) in [5.41, 5.74) is 0.125. The summed E-state index contributed by atoms with van der Waals surface area (Å²) in [6, 6.07) is 4.37. The Bertz CT molecular complexity index is 715. The summed E-state index contributed by atoms with van der Waals surface area (Å²) in [6.45, 7) is 0. The van der Waals surface area contributed by atoms with Gasteiger partial charge >= 0.3 is 6.01 Å². The van der Waals surface area contributed by atoms with Gasteiger partial charge in [0.25, 0.3) is 10.0 Å². The molecule has 0 bridgehead atoms. The number of sulfonamides is 1. The molecule has 0 aromatic carbocycles. The van der Waals surface area contributed by atoms with Gasteiger partial charge in [0, 0.05) is 6.20 Å². The fourth-order valence-electron chi connectivity index (χ4n) is 1.17. The van der Waals surface area contributed by atoms with E-state index in [1.54, 1.807) is 6.07 Å². The summed E-state index contributed by atoms with van der Waals surface area (Å²) >= 11 is 0. The number of aromatic nitrogens is 4. The van der Waals surface area contributed by atoms with Crippen LogP contribution in [0, 0.1) is 11.3 Å². The maximum absolute atomic E-state index is 11.9. The van der Waals surface area contributed by atoms with Gasteiger partial charge in [0.1, 0.15) is 16.7 Å². The third kappa shape index (κ3) is 2.78. The molecule has 2 N–H and O–H groups in total. The number of ether oxygens (including phenoxy) is 1. The average molecular weight is 280 g/mol. The summed E-state index contributed by atoms with van der Waals surface area (Å²) in [4.78, 5) is 7.30. The number of methoxy groups -OCH3 is 1. The number of nitriles is 1. The van der Waals surface area contributed by atoms with Crippen molar-refractivity contribution in [3.05, 3.63) is 24.0 Å². The van der Waals surface area contributed by atoms with Gasteiger partial charge in [-0.05, 0) is 12.1 Å². The van der Waals surface area contributed by atoms with Gasteiger partial charge in [-0.2, -0.15) is 10.2 Å². The first-order valence-corrected chi connectivity index (χ1v) is 6.39. The molecular formula is C9H8N6O3S. The molecule has 0 unspecified atom stereocenters. The number of hydrogen-bond acceptors (Lipinski definition) is 7. The molecule has 10 heteroatoms. The third-order valence-corrected chi connectivity index (χ3v) is 3.36. The molecule has 2 rings (SSSR count). The highest BCUT2D eigenvalue weighted by atomic mass is 32.2. The number of pyridine rings is 1. The van der Waals surface area contributed by atoms with Gasteiger partial charge in [0.05, 0.1) is 7.11 Å². The predicted molar refractivity (Wildman–Crippen MR) is 62.7 cm³/mol. The number of hydrogen-bond donors (Lipinski definition) is 2.